The summed E-state index contributed by atoms with van der Waals surface area (Å²) in [6.07, 6.45) is 1.66. The molecule has 31 heavy (non-hydrogen) atoms. The molecule has 1 aliphatic heterocycles. The molecule has 0 radical (unpaired) electrons. The minimum Gasteiger partial charge on any atom is -0.378 e. The van der Waals surface area contributed by atoms with Crippen LogP contribution < -0.4 is 16.0 Å². The van der Waals surface area contributed by atoms with Crippen LogP contribution >= 0.6 is 23.2 Å². The van der Waals surface area contributed by atoms with Crippen molar-refractivity contribution >= 4 is 57.6 Å². The van der Waals surface area contributed by atoms with E-state index in [4.69, 9.17) is 33.7 Å². The Labute approximate surface area is 187 Å². The number of pyridine rings is 1. The van der Waals surface area contributed by atoms with Crippen LogP contribution in [0.1, 0.15) is 0 Å². The number of ether oxygens (including phenoxy) is 1. The topological polar surface area (TPSA) is 118 Å². The number of nitrogens with zero attached hydrogens (tertiary/aromatic N) is 5. The summed E-state index contributed by atoms with van der Waals surface area (Å²) in [4.78, 5) is 23.1. The Morgan fingerprint density at radius 3 is 2.61 bits per heavy atom. The maximum Gasteiger partial charge on any atom is 0.223 e. The smallest absolute Gasteiger partial charge is 0.223 e. The van der Waals surface area contributed by atoms with Gasteiger partial charge in [0, 0.05) is 25.4 Å². The molecule has 0 unspecified atom stereocenters. The molecule has 5 rings (SSSR count). The minimum absolute atomic E-state index is 0.173. The molecular weight excluding hydrogens is 439 g/mol. The highest BCUT2D eigenvalue weighted by Gasteiger charge is 2.17. The monoisotopic (exact) mass is 456 g/mol. The second-order valence-corrected chi connectivity index (χ2v) is 7.74. The normalized spacial score (nSPS) is 14.2. The number of morpholine rings is 1. The first-order chi connectivity index (χ1) is 15.1. The molecule has 1 saturated heterocycles. The Hall–Kier alpha value is -3.14. The number of anilines is 4. The first-order valence-electron chi connectivity index (χ1n) is 9.62. The second-order valence-electron chi connectivity index (χ2n) is 6.93. The van der Waals surface area contributed by atoms with Crippen LogP contribution in [0, 0.1) is 0 Å². The first-order valence-corrected chi connectivity index (χ1v) is 10.4. The summed E-state index contributed by atoms with van der Waals surface area (Å²) in [5.41, 5.74) is 7.99. The van der Waals surface area contributed by atoms with Gasteiger partial charge in [0.1, 0.15) is 23.0 Å². The Kier molecular flexibility index (Phi) is 5.23. The number of hydrogen-bond acceptors (Lipinski definition) is 8. The molecule has 0 bridgehead atoms. The summed E-state index contributed by atoms with van der Waals surface area (Å²) in [7, 11) is 0. The van der Waals surface area contributed by atoms with Crippen LogP contribution in [0.2, 0.25) is 10.0 Å². The number of aromatic nitrogens is 5. The fourth-order valence-electron chi connectivity index (χ4n) is 3.46. The number of hydrogen-bond donors (Lipinski definition) is 3. The average molecular weight is 457 g/mol. The maximum absolute atomic E-state index is 6.35. The maximum atomic E-state index is 6.35. The molecule has 1 aromatic carbocycles. The summed E-state index contributed by atoms with van der Waals surface area (Å²) in [5, 5.41) is 4.24. The molecule has 9 nitrogen and oxygen atoms in total. The van der Waals surface area contributed by atoms with Gasteiger partial charge >= 0.3 is 0 Å². The third-order valence-corrected chi connectivity index (χ3v) is 5.55. The summed E-state index contributed by atoms with van der Waals surface area (Å²) >= 11 is 12.7. The molecule has 0 saturated carbocycles. The van der Waals surface area contributed by atoms with E-state index in [0.29, 0.717) is 57.3 Å². The third kappa shape index (κ3) is 3.95. The van der Waals surface area contributed by atoms with Crippen molar-refractivity contribution in [2.24, 2.45) is 0 Å². The Morgan fingerprint density at radius 1 is 1.06 bits per heavy atom. The van der Waals surface area contributed by atoms with Crippen molar-refractivity contribution in [1.82, 2.24) is 24.9 Å². The van der Waals surface area contributed by atoms with Crippen LogP contribution in [0.3, 0.4) is 0 Å². The van der Waals surface area contributed by atoms with Crippen molar-refractivity contribution in [1.29, 1.82) is 0 Å². The molecule has 3 aromatic heterocycles. The number of fused-ring (bicyclic) bond motifs is 1. The van der Waals surface area contributed by atoms with Crippen molar-refractivity contribution in [2.45, 2.75) is 0 Å². The van der Waals surface area contributed by atoms with Crippen LogP contribution in [0.5, 0.6) is 0 Å². The summed E-state index contributed by atoms with van der Waals surface area (Å²) in [5.74, 6) is 2.54. The zero-order valence-electron chi connectivity index (χ0n) is 16.3. The third-order valence-electron chi connectivity index (χ3n) is 4.92. The molecular formula is C20H18Cl2N8O. The van der Waals surface area contributed by atoms with E-state index in [0.717, 1.165) is 18.9 Å². The average Bonchev–Trinajstić information content (AvgIpc) is 3.19. The lowest BCUT2D eigenvalue weighted by molar-refractivity contribution is 0.122. The number of imidazole rings is 1. The molecule has 0 aliphatic carbocycles. The fraction of sp³-hybridized carbons (Fsp3) is 0.200. The highest BCUT2D eigenvalue weighted by molar-refractivity contribution is 6.39. The minimum atomic E-state index is 0.173. The number of nitrogens with one attached hydrogen (secondary N) is 2. The van der Waals surface area contributed by atoms with Gasteiger partial charge < -0.3 is 25.7 Å². The molecule has 158 valence electrons. The zero-order valence-corrected chi connectivity index (χ0v) is 17.8. The van der Waals surface area contributed by atoms with Crippen LogP contribution in [-0.4, -0.2) is 51.2 Å². The molecule has 4 N–H and O–H groups in total. The standard InChI is InChI=1S/C20H18Cl2N8O/c21-11-2-1-3-12(22)16(11)18-25-13-4-5-24-19(17(13)29-18)26-14-10-15(28-20(23)27-14)30-6-8-31-9-7-30/h1-5,10H,6-9H2,(H,25,29)(H3,23,24,26,27,28). The molecule has 0 atom stereocenters. The predicted octanol–water partition coefficient (Wildman–Crippen LogP) is 3.88. The number of nitrogens with two attached hydrogens (primary N) is 1. The lowest BCUT2D eigenvalue weighted by Gasteiger charge is -2.28. The molecule has 1 fully saturated rings. The second kappa shape index (κ2) is 8.18. The largest absolute Gasteiger partial charge is 0.378 e. The van der Waals surface area contributed by atoms with E-state index < -0.39 is 0 Å². The van der Waals surface area contributed by atoms with Crippen molar-refractivity contribution in [3.05, 3.63) is 46.6 Å². The number of H-pyrrole nitrogens is 1. The highest BCUT2D eigenvalue weighted by atomic mass is 35.5. The molecule has 0 amide bonds. The van der Waals surface area contributed by atoms with Crippen LogP contribution in [0.15, 0.2) is 36.5 Å². The van der Waals surface area contributed by atoms with Gasteiger partial charge in [-0.2, -0.15) is 9.97 Å². The summed E-state index contributed by atoms with van der Waals surface area (Å²) in [6, 6.07) is 8.97. The number of halogens is 2. The van der Waals surface area contributed by atoms with Gasteiger partial charge in [-0.15, -0.1) is 0 Å². The Morgan fingerprint density at radius 2 is 1.84 bits per heavy atom. The van der Waals surface area contributed by atoms with Crippen LogP contribution in [0.4, 0.5) is 23.4 Å². The van der Waals surface area contributed by atoms with Crippen molar-refractivity contribution < 1.29 is 4.74 Å². The molecule has 0 spiro atoms. The van der Waals surface area contributed by atoms with Gasteiger partial charge in [0.2, 0.25) is 5.95 Å². The van der Waals surface area contributed by atoms with E-state index >= 15 is 0 Å². The van der Waals surface area contributed by atoms with Gasteiger partial charge in [-0.05, 0) is 18.2 Å². The first kappa shape index (κ1) is 19.8. The van der Waals surface area contributed by atoms with Crippen molar-refractivity contribution in [3.8, 4) is 11.4 Å². The molecule has 11 heteroatoms. The van der Waals surface area contributed by atoms with E-state index in [1.165, 1.54) is 0 Å². The van der Waals surface area contributed by atoms with E-state index in [1.807, 2.05) is 6.07 Å². The summed E-state index contributed by atoms with van der Waals surface area (Å²) in [6.45, 7) is 2.78. The van der Waals surface area contributed by atoms with Gasteiger partial charge in [0.25, 0.3) is 0 Å². The molecule has 4 heterocycles. The van der Waals surface area contributed by atoms with Gasteiger partial charge in [-0.25, -0.2) is 9.97 Å². The lowest BCUT2D eigenvalue weighted by Crippen LogP contribution is -2.36. The summed E-state index contributed by atoms with van der Waals surface area (Å²) < 4.78 is 5.41. The van der Waals surface area contributed by atoms with Crippen molar-refractivity contribution in [2.75, 3.05) is 42.3 Å². The van der Waals surface area contributed by atoms with E-state index in [2.05, 4.69) is 35.1 Å². The quantitative estimate of drug-likeness (QED) is 0.423. The SMILES string of the molecule is Nc1nc(Nc2nccc3nc(-c4c(Cl)cccc4Cl)[nH]c23)cc(N2CCOCC2)n1. The number of nitrogen functional groups attached to an aromatic ring is 1. The van der Waals surface area contributed by atoms with Crippen LogP contribution in [0.25, 0.3) is 22.4 Å². The van der Waals surface area contributed by atoms with E-state index in [-0.39, 0.29) is 5.95 Å². The number of benzene rings is 1. The Balaban J connectivity index is 1.51. The van der Waals surface area contributed by atoms with E-state index in [1.54, 1.807) is 30.5 Å². The van der Waals surface area contributed by atoms with Gasteiger partial charge in [-0.3, -0.25) is 0 Å². The highest BCUT2D eigenvalue weighted by Crippen LogP contribution is 2.35. The predicted molar refractivity (Wildman–Crippen MR) is 122 cm³/mol. The number of rotatable bonds is 4. The van der Waals surface area contributed by atoms with Gasteiger partial charge in [0.05, 0.1) is 34.3 Å². The van der Waals surface area contributed by atoms with E-state index in [9.17, 15) is 0 Å². The Bertz CT molecular complexity index is 1240. The molecule has 4 aromatic rings. The van der Waals surface area contributed by atoms with Crippen LogP contribution in [-0.2, 0) is 4.74 Å². The molecule has 1 aliphatic rings. The fourth-order valence-corrected chi connectivity index (χ4v) is 4.04. The lowest BCUT2D eigenvalue weighted by atomic mass is 10.2. The van der Waals surface area contributed by atoms with Crippen molar-refractivity contribution in [3.63, 3.8) is 0 Å². The number of aromatic amines is 1. The van der Waals surface area contributed by atoms with Gasteiger partial charge in [0.15, 0.2) is 5.82 Å². The zero-order chi connectivity index (χ0) is 21.4. The van der Waals surface area contributed by atoms with Gasteiger partial charge in [-0.1, -0.05) is 29.3 Å².